The predicted octanol–water partition coefficient (Wildman–Crippen LogP) is 5.94. The zero-order valence-corrected chi connectivity index (χ0v) is 22.8. The average molecular weight is 496 g/mol. The highest BCUT2D eigenvalue weighted by molar-refractivity contribution is 8.01. The Bertz CT molecular complexity index is 845. The zero-order chi connectivity index (χ0) is 24.8. The van der Waals surface area contributed by atoms with Gasteiger partial charge in [0.25, 0.3) is 0 Å². The van der Waals surface area contributed by atoms with E-state index in [-0.39, 0.29) is 17.6 Å². The van der Waals surface area contributed by atoms with Crippen LogP contribution in [0.25, 0.3) is 6.08 Å². The van der Waals surface area contributed by atoms with Gasteiger partial charge in [-0.2, -0.15) is 0 Å². The van der Waals surface area contributed by atoms with Crippen molar-refractivity contribution < 1.29 is 19.7 Å². The van der Waals surface area contributed by atoms with E-state index in [4.69, 9.17) is 4.74 Å². The molecule has 5 atom stereocenters. The van der Waals surface area contributed by atoms with Gasteiger partial charge in [-0.25, -0.2) is 4.98 Å². The lowest BCUT2D eigenvalue weighted by molar-refractivity contribution is -0.149. The third-order valence-corrected chi connectivity index (χ3v) is 8.74. The smallest absolute Gasteiger partial charge is 0.309 e. The first-order chi connectivity index (χ1) is 15.4. The number of aliphatic hydroxyl groups is 2. The Morgan fingerprint density at radius 2 is 1.97 bits per heavy atom. The molecule has 2 rings (SSSR count). The topological polar surface area (TPSA) is 79.7 Å². The molecular weight excluding hydrogens is 454 g/mol. The first kappa shape index (κ1) is 28.1. The number of allylic oxidation sites excluding steroid dienone is 1. The van der Waals surface area contributed by atoms with Crippen LogP contribution in [0, 0.1) is 12.8 Å². The molecule has 1 aromatic heterocycles. The second-order valence-electron chi connectivity index (χ2n) is 9.95. The Morgan fingerprint density at radius 1 is 1.27 bits per heavy atom. The number of ether oxygens (including phenoxy) is 1. The van der Waals surface area contributed by atoms with E-state index >= 15 is 0 Å². The Balaban J connectivity index is 2.27. The number of thioether (sulfide) groups is 1. The summed E-state index contributed by atoms with van der Waals surface area (Å²) in [6.07, 6.45) is 5.79. The predicted molar refractivity (Wildman–Crippen MR) is 140 cm³/mol. The summed E-state index contributed by atoms with van der Waals surface area (Å²) in [6, 6.07) is 0. The fourth-order valence-electron chi connectivity index (χ4n) is 4.08. The fraction of sp³-hybridized carbons (Fsp3) is 0.692. The molecule has 0 bridgehead atoms. The maximum Gasteiger partial charge on any atom is 0.309 e. The van der Waals surface area contributed by atoms with Gasteiger partial charge in [0.15, 0.2) is 0 Å². The van der Waals surface area contributed by atoms with Crippen LogP contribution in [-0.2, 0) is 9.53 Å². The third kappa shape index (κ3) is 8.85. The molecule has 1 aliphatic heterocycles. The number of aliphatic hydroxyl groups excluding tert-OH is 2. The number of hydrogen-bond donors (Lipinski definition) is 2. The van der Waals surface area contributed by atoms with Gasteiger partial charge in [-0.15, -0.1) is 23.1 Å². The van der Waals surface area contributed by atoms with Crippen molar-refractivity contribution in [1.82, 2.24) is 4.98 Å². The van der Waals surface area contributed by atoms with Crippen LogP contribution in [-0.4, -0.2) is 49.5 Å². The van der Waals surface area contributed by atoms with E-state index in [0.717, 1.165) is 35.5 Å². The van der Waals surface area contributed by atoms with Gasteiger partial charge in [-0.05, 0) is 71.4 Å². The molecule has 0 amide bonds. The molecule has 1 aliphatic rings. The Morgan fingerprint density at radius 3 is 2.61 bits per heavy atom. The van der Waals surface area contributed by atoms with Crippen LogP contribution in [0.1, 0.15) is 84.3 Å². The molecule has 0 saturated carbocycles. The SMILES string of the molecule is C/C1=C/CC(/C(C)=C\c2csc(C)n2)OC(=O)CC(O)C(C)(C)SC(C)C(O)C(C)CCC1. The van der Waals surface area contributed by atoms with Gasteiger partial charge in [0.05, 0.1) is 29.3 Å². The van der Waals surface area contributed by atoms with Gasteiger partial charge in [-0.3, -0.25) is 4.79 Å². The summed E-state index contributed by atoms with van der Waals surface area (Å²) in [4.78, 5) is 17.3. The van der Waals surface area contributed by atoms with E-state index in [1.165, 1.54) is 17.3 Å². The second-order valence-corrected chi connectivity index (χ2v) is 13.0. The van der Waals surface area contributed by atoms with Crippen molar-refractivity contribution in [1.29, 1.82) is 0 Å². The number of esters is 1. The standard InChI is InChI=1S/C26H41NO4S2/c1-16-9-8-10-17(2)25(30)19(4)33-26(6,7)23(28)14-24(29)31-22(12-11-16)18(3)13-21-15-32-20(5)27-21/h11,13,15,17,19,22-23,25,28,30H,8-10,12,14H2,1-7H3/b16-11-,18-13-. The number of thiazole rings is 1. The fourth-order valence-corrected chi connectivity index (χ4v) is 6.26. The van der Waals surface area contributed by atoms with Crippen molar-refractivity contribution in [3.63, 3.8) is 0 Å². The van der Waals surface area contributed by atoms with Crippen LogP contribution >= 0.6 is 23.1 Å². The first-order valence-corrected chi connectivity index (χ1v) is 13.6. The molecule has 0 spiro atoms. The van der Waals surface area contributed by atoms with E-state index in [1.54, 1.807) is 11.3 Å². The van der Waals surface area contributed by atoms with Crippen LogP contribution in [0.5, 0.6) is 0 Å². The quantitative estimate of drug-likeness (QED) is 0.391. The molecule has 1 aromatic rings. The Labute approximate surface area is 207 Å². The highest BCUT2D eigenvalue weighted by Gasteiger charge is 2.35. The number of rotatable bonds is 2. The molecule has 2 heterocycles. The molecule has 33 heavy (non-hydrogen) atoms. The summed E-state index contributed by atoms with van der Waals surface area (Å²) in [5.74, 6) is -0.242. The summed E-state index contributed by atoms with van der Waals surface area (Å²) < 4.78 is 5.28. The van der Waals surface area contributed by atoms with Crippen molar-refractivity contribution in [2.75, 3.05) is 0 Å². The van der Waals surface area contributed by atoms with Gasteiger partial charge >= 0.3 is 5.97 Å². The normalized spacial score (nSPS) is 32.6. The van der Waals surface area contributed by atoms with Crippen molar-refractivity contribution in [3.05, 3.63) is 33.3 Å². The summed E-state index contributed by atoms with van der Waals surface area (Å²) >= 11 is 3.13. The minimum Gasteiger partial charge on any atom is -0.457 e. The zero-order valence-electron chi connectivity index (χ0n) is 21.1. The summed E-state index contributed by atoms with van der Waals surface area (Å²) in [6.45, 7) is 14.0. The van der Waals surface area contributed by atoms with Crippen LogP contribution in [0.4, 0.5) is 0 Å². The summed E-state index contributed by atoms with van der Waals surface area (Å²) in [5, 5.41) is 24.6. The molecule has 0 aromatic carbocycles. The number of aryl methyl sites for hydroxylation is 1. The van der Waals surface area contributed by atoms with Gasteiger partial charge in [-0.1, -0.05) is 25.5 Å². The van der Waals surface area contributed by atoms with Gasteiger partial charge in [0.1, 0.15) is 6.10 Å². The van der Waals surface area contributed by atoms with E-state index in [9.17, 15) is 15.0 Å². The molecule has 5 nitrogen and oxygen atoms in total. The number of cyclic esters (lactones) is 1. The molecule has 2 N–H and O–H groups in total. The monoisotopic (exact) mass is 495 g/mol. The van der Waals surface area contributed by atoms with Crippen LogP contribution in [0.2, 0.25) is 0 Å². The van der Waals surface area contributed by atoms with E-state index in [1.807, 2.05) is 46.1 Å². The van der Waals surface area contributed by atoms with Gasteiger partial charge in [0.2, 0.25) is 0 Å². The molecule has 7 heteroatoms. The van der Waals surface area contributed by atoms with Crippen LogP contribution in [0.15, 0.2) is 22.6 Å². The first-order valence-electron chi connectivity index (χ1n) is 11.9. The molecule has 5 unspecified atom stereocenters. The van der Waals surface area contributed by atoms with E-state index in [0.29, 0.717) is 6.42 Å². The number of carbonyl (C=O) groups is 1. The maximum absolute atomic E-state index is 12.8. The molecule has 0 aliphatic carbocycles. The summed E-state index contributed by atoms with van der Waals surface area (Å²) in [5.41, 5.74) is 3.07. The Kier molecular flexibility index (Phi) is 10.7. The third-order valence-electron chi connectivity index (χ3n) is 6.42. The Hall–Kier alpha value is -1.15. The lowest BCUT2D eigenvalue weighted by Crippen LogP contribution is -2.40. The number of nitrogens with zero attached hydrogens (tertiary/aromatic N) is 1. The minimum atomic E-state index is -0.878. The number of hydrogen-bond acceptors (Lipinski definition) is 7. The van der Waals surface area contributed by atoms with Crippen LogP contribution in [0.3, 0.4) is 0 Å². The van der Waals surface area contributed by atoms with E-state index < -0.39 is 29.0 Å². The number of carbonyl (C=O) groups excluding carboxylic acids is 1. The van der Waals surface area contributed by atoms with Crippen molar-refractivity contribution >= 4 is 35.1 Å². The van der Waals surface area contributed by atoms with Crippen molar-refractivity contribution in [2.45, 2.75) is 109 Å². The minimum absolute atomic E-state index is 0.0512. The van der Waals surface area contributed by atoms with Crippen LogP contribution < -0.4 is 0 Å². The highest BCUT2D eigenvalue weighted by atomic mass is 32.2. The molecule has 0 saturated heterocycles. The van der Waals surface area contributed by atoms with Crippen molar-refractivity contribution in [2.24, 2.45) is 5.92 Å². The largest absolute Gasteiger partial charge is 0.457 e. The lowest BCUT2D eigenvalue weighted by Gasteiger charge is -2.35. The molecule has 0 fully saturated rings. The highest BCUT2D eigenvalue weighted by Crippen LogP contribution is 2.37. The summed E-state index contributed by atoms with van der Waals surface area (Å²) in [7, 11) is 0. The second kappa shape index (κ2) is 12.5. The van der Waals surface area contributed by atoms with Gasteiger partial charge < -0.3 is 14.9 Å². The number of aromatic nitrogens is 1. The maximum atomic E-state index is 12.8. The molecular formula is C26H41NO4S2. The average Bonchev–Trinajstić information content (AvgIpc) is 3.13. The molecule has 186 valence electrons. The van der Waals surface area contributed by atoms with Crippen molar-refractivity contribution in [3.8, 4) is 0 Å². The van der Waals surface area contributed by atoms with Gasteiger partial charge in [0, 0.05) is 21.8 Å². The lowest BCUT2D eigenvalue weighted by atomic mass is 9.94. The van der Waals surface area contributed by atoms with E-state index in [2.05, 4.69) is 24.9 Å². The molecule has 0 radical (unpaired) electrons.